The highest BCUT2D eigenvalue weighted by molar-refractivity contribution is 5.32. The van der Waals surface area contributed by atoms with Crippen LogP contribution in [0.2, 0.25) is 0 Å². The molecule has 0 amide bonds. The van der Waals surface area contributed by atoms with E-state index in [1.54, 1.807) is 12.4 Å². The van der Waals surface area contributed by atoms with E-state index in [2.05, 4.69) is 20.6 Å². The molecule has 0 aliphatic rings. The number of anilines is 1. The smallest absolute Gasteiger partial charge is 0.125 e. The molecule has 78 valence electrons. The molecular formula is C10H13N5. The Bertz CT molecular complexity index is 370. The zero-order chi connectivity index (χ0) is 10.3. The fourth-order valence-electron chi connectivity index (χ4n) is 1.28. The van der Waals surface area contributed by atoms with Gasteiger partial charge in [0.2, 0.25) is 0 Å². The quantitative estimate of drug-likeness (QED) is 0.741. The number of nitrogens with one attached hydrogen (secondary N) is 1. The third-order valence-corrected chi connectivity index (χ3v) is 2.01. The molecule has 5 nitrogen and oxygen atoms in total. The Morgan fingerprint density at radius 1 is 1.27 bits per heavy atom. The van der Waals surface area contributed by atoms with Gasteiger partial charge in [0.05, 0.1) is 6.20 Å². The maximum atomic E-state index is 4.17. The van der Waals surface area contributed by atoms with E-state index in [0.29, 0.717) is 0 Å². The number of rotatable bonds is 5. The summed E-state index contributed by atoms with van der Waals surface area (Å²) in [6, 6.07) is 5.82. The Labute approximate surface area is 88.1 Å². The van der Waals surface area contributed by atoms with Crippen molar-refractivity contribution in [3.8, 4) is 0 Å². The van der Waals surface area contributed by atoms with E-state index >= 15 is 0 Å². The van der Waals surface area contributed by atoms with Gasteiger partial charge >= 0.3 is 0 Å². The Hall–Kier alpha value is -1.91. The zero-order valence-corrected chi connectivity index (χ0v) is 8.37. The average Bonchev–Trinajstić information content (AvgIpc) is 2.79. The summed E-state index contributed by atoms with van der Waals surface area (Å²) in [5.74, 6) is 0.913. The predicted molar refractivity (Wildman–Crippen MR) is 57.4 cm³/mol. The van der Waals surface area contributed by atoms with Crippen LogP contribution >= 0.6 is 0 Å². The van der Waals surface area contributed by atoms with Crippen LogP contribution < -0.4 is 5.32 Å². The minimum Gasteiger partial charge on any atom is -0.370 e. The summed E-state index contributed by atoms with van der Waals surface area (Å²) >= 11 is 0. The van der Waals surface area contributed by atoms with E-state index in [1.165, 1.54) is 0 Å². The van der Waals surface area contributed by atoms with Gasteiger partial charge in [0.1, 0.15) is 5.82 Å². The molecule has 2 aromatic rings. The molecule has 0 saturated carbocycles. The molecule has 0 atom stereocenters. The van der Waals surface area contributed by atoms with Crippen molar-refractivity contribution in [3.63, 3.8) is 0 Å². The lowest BCUT2D eigenvalue weighted by atomic mass is 10.4. The van der Waals surface area contributed by atoms with E-state index in [4.69, 9.17) is 0 Å². The number of nitrogens with zero attached hydrogens (tertiary/aromatic N) is 4. The maximum Gasteiger partial charge on any atom is 0.125 e. The molecular weight excluding hydrogens is 190 g/mol. The largest absolute Gasteiger partial charge is 0.370 e. The summed E-state index contributed by atoms with van der Waals surface area (Å²) in [5.41, 5.74) is 0. The number of hydrogen-bond donors (Lipinski definition) is 1. The van der Waals surface area contributed by atoms with Crippen LogP contribution in [0.1, 0.15) is 6.42 Å². The highest BCUT2D eigenvalue weighted by atomic mass is 15.4. The molecule has 15 heavy (non-hydrogen) atoms. The number of hydrogen-bond acceptors (Lipinski definition) is 4. The van der Waals surface area contributed by atoms with Crippen LogP contribution in [0.4, 0.5) is 5.82 Å². The minimum absolute atomic E-state index is 0.875. The highest BCUT2D eigenvalue weighted by Gasteiger charge is 1.93. The van der Waals surface area contributed by atoms with Crippen LogP contribution in [0.3, 0.4) is 0 Å². The van der Waals surface area contributed by atoms with Gasteiger partial charge in [-0.2, -0.15) is 0 Å². The Balaban J connectivity index is 1.68. The van der Waals surface area contributed by atoms with Gasteiger partial charge in [-0.05, 0) is 18.6 Å². The normalized spacial score (nSPS) is 10.1. The second kappa shape index (κ2) is 5.09. The van der Waals surface area contributed by atoms with Gasteiger partial charge < -0.3 is 5.32 Å². The van der Waals surface area contributed by atoms with Crippen LogP contribution in [0.15, 0.2) is 36.8 Å². The second-order valence-corrected chi connectivity index (χ2v) is 3.16. The molecule has 1 N–H and O–H groups in total. The van der Waals surface area contributed by atoms with Gasteiger partial charge in [0.25, 0.3) is 0 Å². The first-order chi connectivity index (χ1) is 7.45. The summed E-state index contributed by atoms with van der Waals surface area (Å²) in [5, 5.41) is 10.9. The molecule has 0 unspecified atom stereocenters. The Kier molecular flexibility index (Phi) is 3.27. The molecule has 0 aromatic carbocycles. The zero-order valence-electron chi connectivity index (χ0n) is 8.37. The van der Waals surface area contributed by atoms with E-state index in [0.717, 1.165) is 25.3 Å². The lowest BCUT2D eigenvalue weighted by Crippen LogP contribution is -2.07. The van der Waals surface area contributed by atoms with Gasteiger partial charge in [-0.3, -0.25) is 4.68 Å². The van der Waals surface area contributed by atoms with Crippen molar-refractivity contribution in [2.24, 2.45) is 0 Å². The van der Waals surface area contributed by atoms with Crippen LogP contribution in [0, 0.1) is 0 Å². The van der Waals surface area contributed by atoms with Gasteiger partial charge in [-0.25, -0.2) is 4.98 Å². The van der Waals surface area contributed by atoms with Crippen molar-refractivity contribution in [2.75, 3.05) is 11.9 Å². The molecule has 2 heterocycles. The highest BCUT2D eigenvalue weighted by Crippen LogP contribution is 1.99. The number of aromatic nitrogens is 4. The van der Waals surface area contributed by atoms with Crippen LogP contribution in [-0.2, 0) is 6.54 Å². The van der Waals surface area contributed by atoms with Crippen molar-refractivity contribution >= 4 is 5.82 Å². The van der Waals surface area contributed by atoms with Crippen molar-refractivity contribution in [2.45, 2.75) is 13.0 Å². The second-order valence-electron chi connectivity index (χ2n) is 3.16. The van der Waals surface area contributed by atoms with Gasteiger partial charge in [-0.1, -0.05) is 11.3 Å². The molecule has 0 radical (unpaired) electrons. The number of aryl methyl sites for hydroxylation is 1. The maximum absolute atomic E-state index is 4.17. The van der Waals surface area contributed by atoms with Gasteiger partial charge in [0, 0.05) is 25.5 Å². The van der Waals surface area contributed by atoms with Crippen LogP contribution in [0.5, 0.6) is 0 Å². The first-order valence-electron chi connectivity index (χ1n) is 4.94. The lowest BCUT2D eigenvalue weighted by Gasteiger charge is -2.04. The molecule has 2 rings (SSSR count). The van der Waals surface area contributed by atoms with Crippen molar-refractivity contribution in [3.05, 3.63) is 36.8 Å². The third-order valence-electron chi connectivity index (χ3n) is 2.01. The SMILES string of the molecule is c1ccc(NCCCn2ccnn2)nc1. The molecule has 0 fully saturated rings. The molecule has 0 spiro atoms. The van der Waals surface area contributed by atoms with E-state index in [-0.39, 0.29) is 0 Å². The summed E-state index contributed by atoms with van der Waals surface area (Å²) in [4.78, 5) is 4.17. The molecule has 0 saturated heterocycles. The Morgan fingerprint density at radius 2 is 2.27 bits per heavy atom. The average molecular weight is 203 g/mol. The van der Waals surface area contributed by atoms with E-state index in [1.807, 2.05) is 29.1 Å². The van der Waals surface area contributed by atoms with Crippen LogP contribution in [0.25, 0.3) is 0 Å². The van der Waals surface area contributed by atoms with Crippen molar-refractivity contribution in [1.29, 1.82) is 0 Å². The molecule has 5 heteroatoms. The summed E-state index contributed by atoms with van der Waals surface area (Å²) in [6.07, 6.45) is 6.33. The molecule has 0 aliphatic heterocycles. The standard InChI is InChI=1S/C10H13N5/c1-2-5-11-10(4-1)12-6-3-8-15-9-7-13-14-15/h1-2,4-5,7,9H,3,6,8H2,(H,11,12). The predicted octanol–water partition coefficient (Wildman–Crippen LogP) is 1.18. The summed E-state index contributed by atoms with van der Waals surface area (Å²) < 4.78 is 1.82. The third kappa shape index (κ3) is 3.05. The minimum atomic E-state index is 0.875. The fourth-order valence-corrected chi connectivity index (χ4v) is 1.28. The van der Waals surface area contributed by atoms with Gasteiger partial charge in [-0.15, -0.1) is 5.10 Å². The topological polar surface area (TPSA) is 55.6 Å². The van der Waals surface area contributed by atoms with Crippen molar-refractivity contribution in [1.82, 2.24) is 20.0 Å². The first-order valence-corrected chi connectivity index (χ1v) is 4.94. The molecule has 0 aliphatic carbocycles. The van der Waals surface area contributed by atoms with E-state index < -0.39 is 0 Å². The summed E-state index contributed by atoms with van der Waals surface area (Å²) in [6.45, 7) is 1.76. The Morgan fingerprint density at radius 3 is 3.00 bits per heavy atom. The number of pyridine rings is 1. The van der Waals surface area contributed by atoms with Gasteiger partial charge in [0.15, 0.2) is 0 Å². The van der Waals surface area contributed by atoms with E-state index in [9.17, 15) is 0 Å². The fraction of sp³-hybridized carbons (Fsp3) is 0.300. The van der Waals surface area contributed by atoms with Crippen LogP contribution in [-0.4, -0.2) is 26.5 Å². The lowest BCUT2D eigenvalue weighted by molar-refractivity contribution is 0.569. The summed E-state index contributed by atoms with van der Waals surface area (Å²) in [7, 11) is 0. The molecule has 2 aromatic heterocycles. The van der Waals surface area contributed by atoms with Crippen molar-refractivity contribution < 1.29 is 0 Å². The first kappa shape index (κ1) is 9.64. The molecule has 0 bridgehead atoms. The monoisotopic (exact) mass is 203 g/mol.